The Morgan fingerprint density at radius 3 is 1.81 bits per heavy atom. The summed E-state index contributed by atoms with van der Waals surface area (Å²) in [6.07, 6.45) is 4.22. The first kappa shape index (κ1) is 29.9. The van der Waals surface area contributed by atoms with Gasteiger partial charge in [-0.3, -0.25) is 9.59 Å². The van der Waals surface area contributed by atoms with Crippen LogP contribution in [-0.4, -0.2) is 47.7 Å². The van der Waals surface area contributed by atoms with Gasteiger partial charge in [0, 0.05) is 23.0 Å². The van der Waals surface area contributed by atoms with Crippen molar-refractivity contribution in [3.63, 3.8) is 0 Å². The first-order valence-electron chi connectivity index (χ1n) is 11.9. The Hall–Kier alpha value is -3.37. The molecule has 0 spiro atoms. The number of carboxylic acid groups (broad SMARTS) is 1. The van der Waals surface area contributed by atoms with Gasteiger partial charge in [0.2, 0.25) is 0 Å². The second-order valence-corrected chi connectivity index (χ2v) is 9.05. The lowest BCUT2D eigenvalue weighted by Crippen LogP contribution is -2.50. The van der Waals surface area contributed by atoms with Crippen LogP contribution in [0, 0.1) is 11.3 Å². The van der Waals surface area contributed by atoms with Crippen molar-refractivity contribution in [1.29, 1.82) is 5.26 Å². The fraction of sp³-hybridized carbons (Fsp3) is 0.276. The average molecular weight is 541 g/mol. The van der Waals surface area contributed by atoms with Crippen molar-refractivity contribution >= 4 is 35.1 Å². The van der Waals surface area contributed by atoms with E-state index >= 15 is 0 Å². The zero-order valence-electron chi connectivity index (χ0n) is 20.4. The van der Waals surface area contributed by atoms with Gasteiger partial charge in [-0.15, -0.1) is 0 Å². The van der Waals surface area contributed by atoms with E-state index in [9.17, 15) is 9.59 Å². The topological polar surface area (TPSA) is 90.6 Å². The third kappa shape index (κ3) is 13.5. The number of halogens is 2. The lowest BCUT2D eigenvalue weighted by atomic mass is 10.0. The molecule has 194 valence electrons. The molecule has 0 bridgehead atoms. The third-order valence-corrected chi connectivity index (χ3v) is 5.42. The van der Waals surface area contributed by atoms with Gasteiger partial charge in [-0.2, -0.15) is 5.26 Å². The van der Waals surface area contributed by atoms with Crippen molar-refractivity contribution in [3.8, 4) is 6.07 Å². The van der Waals surface area contributed by atoms with Crippen molar-refractivity contribution in [2.45, 2.75) is 31.8 Å². The standard InChI is InChI=1S/C14H14N2O4.2C6H5Cl.C3H6/c15-8-11-3-1-10(2-4-11)7-12-14(19)16(5-6-20-12)9-13(17)18;2*7-6-4-2-1-3-5-6;1-2-3-1/h1-4,12H,5-7,9H2,(H,17,18);2*1-5H;1-3H2. The second kappa shape index (κ2) is 17.1. The molecule has 37 heavy (non-hydrogen) atoms. The van der Waals surface area contributed by atoms with Gasteiger partial charge < -0.3 is 14.7 Å². The second-order valence-electron chi connectivity index (χ2n) is 8.18. The molecule has 0 aromatic heterocycles. The maximum atomic E-state index is 12.1. The number of hydrogen-bond acceptors (Lipinski definition) is 4. The molecular formula is C29H30Cl2N2O4. The van der Waals surface area contributed by atoms with E-state index in [1.807, 2.05) is 66.7 Å². The van der Waals surface area contributed by atoms with Crippen LogP contribution in [-0.2, 0) is 20.7 Å². The lowest BCUT2D eigenvalue weighted by Gasteiger charge is -2.31. The molecule has 1 saturated heterocycles. The predicted molar refractivity (Wildman–Crippen MR) is 146 cm³/mol. The van der Waals surface area contributed by atoms with Crippen molar-refractivity contribution in [3.05, 3.63) is 106 Å². The van der Waals surface area contributed by atoms with E-state index in [1.165, 1.54) is 24.2 Å². The van der Waals surface area contributed by atoms with Crippen LogP contribution in [0.15, 0.2) is 84.9 Å². The number of carbonyl (C=O) groups is 2. The maximum absolute atomic E-state index is 12.1. The summed E-state index contributed by atoms with van der Waals surface area (Å²) in [5.41, 5.74) is 1.43. The van der Waals surface area contributed by atoms with Crippen molar-refractivity contribution in [2.24, 2.45) is 0 Å². The summed E-state index contributed by atoms with van der Waals surface area (Å²) in [6.45, 7) is 0.334. The number of benzene rings is 3. The minimum Gasteiger partial charge on any atom is -0.480 e. The molecule has 1 heterocycles. The normalized spacial score (nSPS) is 15.3. The van der Waals surface area contributed by atoms with Crippen LogP contribution >= 0.6 is 23.2 Å². The summed E-state index contributed by atoms with van der Waals surface area (Å²) in [7, 11) is 0. The van der Waals surface area contributed by atoms with E-state index in [0.29, 0.717) is 25.1 Å². The first-order chi connectivity index (χ1) is 17.9. The molecule has 6 nitrogen and oxygen atoms in total. The van der Waals surface area contributed by atoms with Crippen LogP contribution in [0.3, 0.4) is 0 Å². The summed E-state index contributed by atoms with van der Waals surface area (Å²) in [5, 5.41) is 19.1. The van der Waals surface area contributed by atoms with Gasteiger partial charge in [0.25, 0.3) is 5.91 Å². The summed E-state index contributed by atoms with van der Waals surface area (Å²) in [5.74, 6) is -1.33. The van der Waals surface area contributed by atoms with Gasteiger partial charge in [0.15, 0.2) is 0 Å². The number of amides is 1. The van der Waals surface area contributed by atoms with Crippen LogP contribution in [0.1, 0.15) is 30.4 Å². The minimum atomic E-state index is -1.03. The zero-order valence-corrected chi connectivity index (χ0v) is 21.9. The molecule has 1 aliphatic carbocycles. The number of aliphatic carboxylic acids is 1. The molecule has 1 saturated carbocycles. The highest BCUT2D eigenvalue weighted by Gasteiger charge is 2.30. The van der Waals surface area contributed by atoms with E-state index < -0.39 is 12.1 Å². The fourth-order valence-corrected chi connectivity index (χ4v) is 3.21. The summed E-state index contributed by atoms with van der Waals surface area (Å²) >= 11 is 11.1. The molecule has 1 amide bonds. The molecule has 5 rings (SSSR count). The van der Waals surface area contributed by atoms with Crippen molar-refractivity contribution < 1.29 is 19.4 Å². The number of nitrogens with zero attached hydrogens (tertiary/aromatic N) is 2. The summed E-state index contributed by atoms with van der Waals surface area (Å²) in [6, 6.07) is 27.8. The van der Waals surface area contributed by atoms with Crippen LogP contribution in [0.5, 0.6) is 0 Å². The molecule has 3 aromatic rings. The smallest absolute Gasteiger partial charge is 0.323 e. The van der Waals surface area contributed by atoms with Gasteiger partial charge >= 0.3 is 5.97 Å². The summed E-state index contributed by atoms with van der Waals surface area (Å²) < 4.78 is 5.41. The maximum Gasteiger partial charge on any atom is 0.323 e. The number of ether oxygens (including phenoxy) is 1. The van der Waals surface area contributed by atoms with E-state index in [-0.39, 0.29) is 12.5 Å². The molecule has 1 N–H and O–H groups in total. The highest BCUT2D eigenvalue weighted by atomic mass is 35.5. The van der Waals surface area contributed by atoms with Crippen molar-refractivity contribution in [2.75, 3.05) is 19.7 Å². The number of morpholine rings is 1. The zero-order chi connectivity index (χ0) is 26.9. The fourth-order valence-electron chi connectivity index (χ4n) is 2.92. The Balaban J connectivity index is 0.000000227. The molecule has 2 aliphatic rings. The van der Waals surface area contributed by atoms with E-state index in [2.05, 4.69) is 0 Å². The Morgan fingerprint density at radius 1 is 0.919 bits per heavy atom. The van der Waals surface area contributed by atoms with Crippen LogP contribution in [0.25, 0.3) is 0 Å². The molecule has 0 radical (unpaired) electrons. The molecule has 2 fully saturated rings. The van der Waals surface area contributed by atoms with Gasteiger partial charge in [-0.05, 0) is 42.0 Å². The van der Waals surface area contributed by atoms with Crippen molar-refractivity contribution in [1.82, 2.24) is 4.90 Å². The largest absolute Gasteiger partial charge is 0.480 e. The number of carboxylic acids is 1. The van der Waals surface area contributed by atoms with Gasteiger partial charge in [-0.25, -0.2) is 0 Å². The Morgan fingerprint density at radius 2 is 1.43 bits per heavy atom. The van der Waals surface area contributed by atoms with Gasteiger partial charge in [0.05, 0.1) is 18.2 Å². The molecule has 3 aromatic carbocycles. The molecular weight excluding hydrogens is 511 g/mol. The predicted octanol–water partition coefficient (Wildman–Crippen LogP) is 6.26. The molecule has 1 aliphatic heterocycles. The van der Waals surface area contributed by atoms with Gasteiger partial charge in [0.1, 0.15) is 12.6 Å². The lowest BCUT2D eigenvalue weighted by molar-refractivity contribution is -0.158. The van der Waals surface area contributed by atoms with E-state index in [0.717, 1.165) is 15.6 Å². The van der Waals surface area contributed by atoms with Gasteiger partial charge in [-0.1, -0.05) is 91.0 Å². The van der Waals surface area contributed by atoms with E-state index in [1.54, 1.807) is 24.3 Å². The van der Waals surface area contributed by atoms with E-state index in [4.69, 9.17) is 38.3 Å². The molecule has 8 heteroatoms. The third-order valence-electron chi connectivity index (χ3n) is 4.92. The quantitative estimate of drug-likeness (QED) is 0.421. The summed E-state index contributed by atoms with van der Waals surface area (Å²) in [4.78, 5) is 24.0. The Labute approximate surface area is 228 Å². The highest BCUT2D eigenvalue weighted by molar-refractivity contribution is 6.30. The first-order valence-corrected chi connectivity index (χ1v) is 12.7. The minimum absolute atomic E-state index is 0.300. The van der Waals surface area contributed by atoms with Crippen LogP contribution in [0.2, 0.25) is 10.0 Å². The Bertz CT molecular complexity index is 1080. The number of rotatable bonds is 4. The van der Waals surface area contributed by atoms with Crippen LogP contribution in [0.4, 0.5) is 0 Å². The number of nitriles is 1. The molecule has 1 unspecified atom stereocenters. The highest BCUT2D eigenvalue weighted by Crippen LogP contribution is 2.15. The average Bonchev–Trinajstić information content (AvgIpc) is 3.78. The number of carbonyl (C=O) groups excluding carboxylic acids is 1. The Kier molecular flexibility index (Phi) is 13.8. The SMILES string of the molecule is C1CC1.Clc1ccccc1.Clc1ccccc1.N#Cc1ccc(CC2OCCN(CC(=O)O)C2=O)cc1. The molecule has 1 atom stereocenters. The number of hydrogen-bond donors (Lipinski definition) is 1. The van der Waals surface area contributed by atoms with Crippen LogP contribution < -0.4 is 0 Å². The monoisotopic (exact) mass is 540 g/mol.